The van der Waals surface area contributed by atoms with Gasteiger partial charge in [-0.1, -0.05) is 12.1 Å². The minimum Gasteiger partial charge on any atom is -0.427 e. The van der Waals surface area contributed by atoms with Crippen LogP contribution in [0.2, 0.25) is 0 Å². The molecule has 0 spiro atoms. The topological polar surface area (TPSA) is 63.3 Å². The lowest BCUT2D eigenvalue weighted by Gasteiger charge is -2.02. The van der Waals surface area contributed by atoms with Crippen LogP contribution < -0.4 is 4.74 Å². The number of ether oxygens (including phenoxy) is 1. The summed E-state index contributed by atoms with van der Waals surface area (Å²) in [6.45, 7) is 0. The van der Waals surface area contributed by atoms with Gasteiger partial charge in [0.05, 0.1) is 6.42 Å². The van der Waals surface area contributed by atoms with Gasteiger partial charge in [-0.3, -0.25) is 4.79 Å². The van der Waals surface area contributed by atoms with Gasteiger partial charge in [-0.15, -0.1) is 0 Å². The monoisotopic (exact) mass is 220 g/mol. The zero-order chi connectivity index (χ0) is 11.8. The molecule has 0 N–H and O–H groups in total. The van der Waals surface area contributed by atoms with Crippen molar-refractivity contribution >= 4 is 11.9 Å². The standard InChI is InChI=1S/C12H12O4/c13-11(14)8-4-5-9-12(15)16-10-6-2-1-3-7-10/h2-3,6-7H,4-5,8-9H2. The fraction of sp³-hybridized carbons (Fsp3) is 0.333. The fourth-order valence-corrected chi connectivity index (χ4v) is 1.16. The Labute approximate surface area is 93.9 Å². The van der Waals surface area contributed by atoms with E-state index in [1.807, 2.05) is 0 Å². The Kier molecular flexibility index (Phi) is 5.05. The molecular formula is C12H12O4. The zero-order valence-electron chi connectivity index (χ0n) is 8.77. The molecule has 4 heteroatoms. The summed E-state index contributed by atoms with van der Waals surface area (Å²) in [6, 6.07) is 9.39. The Morgan fingerprint density at radius 1 is 1.12 bits per heavy atom. The minimum atomic E-state index is -1.09. The van der Waals surface area contributed by atoms with Crippen LogP contribution in [0.1, 0.15) is 25.7 Å². The highest BCUT2D eigenvalue weighted by molar-refractivity contribution is 5.72. The summed E-state index contributed by atoms with van der Waals surface area (Å²) in [6.07, 6.45) is 1.12. The number of benzene rings is 1. The van der Waals surface area contributed by atoms with Crippen LogP contribution >= 0.6 is 0 Å². The van der Waals surface area contributed by atoms with Crippen LogP contribution in [0.5, 0.6) is 5.75 Å². The maximum Gasteiger partial charge on any atom is 0.355 e. The second kappa shape index (κ2) is 6.61. The van der Waals surface area contributed by atoms with Crippen molar-refractivity contribution in [2.75, 3.05) is 0 Å². The van der Waals surface area contributed by atoms with Crippen molar-refractivity contribution in [3.8, 4) is 5.75 Å². The molecular weight excluding hydrogens is 208 g/mol. The van der Waals surface area contributed by atoms with Crippen LogP contribution in [-0.2, 0) is 14.7 Å². The fourth-order valence-electron chi connectivity index (χ4n) is 1.16. The van der Waals surface area contributed by atoms with Crippen LogP contribution in [0, 0.1) is 6.07 Å². The first-order chi connectivity index (χ1) is 7.68. The predicted molar refractivity (Wildman–Crippen MR) is 55.1 cm³/mol. The van der Waals surface area contributed by atoms with Gasteiger partial charge in [-0.05, 0) is 31.0 Å². The predicted octanol–water partition coefficient (Wildman–Crippen LogP) is 1.91. The average Bonchev–Trinajstić information content (AvgIpc) is 2.25. The highest BCUT2D eigenvalue weighted by atomic mass is 16.5. The smallest absolute Gasteiger partial charge is 0.355 e. The van der Waals surface area contributed by atoms with E-state index >= 15 is 0 Å². The van der Waals surface area contributed by atoms with E-state index in [1.165, 1.54) is 0 Å². The van der Waals surface area contributed by atoms with Crippen LogP contribution in [-0.4, -0.2) is 11.9 Å². The second-order valence-electron chi connectivity index (χ2n) is 3.29. The normalized spacial score (nSPS) is 9.75. The molecule has 16 heavy (non-hydrogen) atoms. The maximum absolute atomic E-state index is 11.3. The summed E-state index contributed by atoms with van der Waals surface area (Å²) >= 11 is 0. The van der Waals surface area contributed by atoms with Gasteiger partial charge < -0.3 is 4.74 Å². The summed E-state index contributed by atoms with van der Waals surface area (Å²) in [5.74, 6) is -0.972. The lowest BCUT2D eigenvalue weighted by atomic mass is 10.2. The van der Waals surface area contributed by atoms with E-state index in [0.717, 1.165) is 0 Å². The largest absolute Gasteiger partial charge is 0.427 e. The molecule has 0 saturated heterocycles. The van der Waals surface area contributed by atoms with E-state index in [2.05, 4.69) is 6.07 Å². The molecule has 0 heterocycles. The van der Waals surface area contributed by atoms with Crippen LogP contribution in [0.15, 0.2) is 24.3 Å². The number of hydrogen-bond donors (Lipinski definition) is 0. The molecule has 0 bridgehead atoms. The zero-order valence-corrected chi connectivity index (χ0v) is 8.77. The molecule has 0 aliphatic heterocycles. The second-order valence-corrected chi connectivity index (χ2v) is 3.29. The first-order valence-electron chi connectivity index (χ1n) is 5.05. The van der Waals surface area contributed by atoms with Gasteiger partial charge in [0.25, 0.3) is 0 Å². The summed E-state index contributed by atoms with van der Waals surface area (Å²) in [7, 11) is 0. The van der Waals surface area contributed by atoms with E-state index in [9.17, 15) is 14.7 Å². The van der Waals surface area contributed by atoms with E-state index in [1.54, 1.807) is 24.3 Å². The molecule has 0 unspecified atom stereocenters. The molecule has 0 atom stereocenters. The number of hydrogen-bond acceptors (Lipinski definition) is 3. The van der Waals surface area contributed by atoms with Gasteiger partial charge in [-0.2, -0.15) is 0 Å². The lowest BCUT2D eigenvalue weighted by Crippen LogP contribution is -2.07. The first kappa shape index (κ1) is 12.2. The molecule has 84 valence electrons. The SMILES string of the molecule is [O]C(=O)CCCCC(=O)Oc1cc[c]cc1. The van der Waals surface area contributed by atoms with Gasteiger partial charge in [-0.25, -0.2) is 9.90 Å². The molecule has 0 amide bonds. The van der Waals surface area contributed by atoms with E-state index in [0.29, 0.717) is 18.6 Å². The van der Waals surface area contributed by atoms with Gasteiger partial charge in [0, 0.05) is 6.42 Å². The average molecular weight is 220 g/mol. The third-order valence-electron chi connectivity index (χ3n) is 1.93. The van der Waals surface area contributed by atoms with Crippen molar-refractivity contribution in [1.82, 2.24) is 0 Å². The summed E-state index contributed by atoms with van der Waals surface area (Å²) in [4.78, 5) is 21.4. The van der Waals surface area contributed by atoms with Crippen LogP contribution in [0.3, 0.4) is 0 Å². The van der Waals surface area contributed by atoms with Gasteiger partial charge in [0.2, 0.25) is 0 Å². The Bertz CT molecular complexity index is 345. The molecule has 0 aromatic heterocycles. The molecule has 0 aliphatic carbocycles. The van der Waals surface area contributed by atoms with Crippen molar-refractivity contribution in [3.05, 3.63) is 30.3 Å². The third kappa shape index (κ3) is 5.14. The van der Waals surface area contributed by atoms with Crippen molar-refractivity contribution in [2.24, 2.45) is 0 Å². The van der Waals surface area contributed by atoms with Crippen molar-refractivity contribution in [3.63, 3.8) is 0 Å². The Balaban J connectivity index is 2.19. The summed E-state index contributed by atoms with van der Waals surface area (Å²) in [5.41, 5.74) is 0. The van der Waals surface area contributed by atoms with Crippen LogP contribution in [0.25, 0.3) is 0 Å². The first-order valence-corrected chi connectivity index (χ1v) is 5.05. The highest BCUT2D eigenvalue weighted by Gasteiger charge is 2.05. The molecule has 0 fully saturated rings. The van der Waals surface area contributed by atoms with Crippen molar-refractivity contribution in [1.29, 1.82) is 0 Å². The van der Waals surface area contributed by atoms with E-state index < -0.39 is 5.97 Å². The quantitative estimate of drug-likeness (QED) is 0.418. The maximum atomic E-state index is 11.3. The third-order valence-corrected chi connectivity index (χ3v) is 1.93. The Hall–Kier alpha value is -1.84. The van der Waals surface area contributed by atoms with Crippen LogP contribution in [0.4, 0.5) is 0 Å². The molecule has 0 aliphatic rings. The van der Waals surface area contributed by atoms with E-state index in [-0.39, 0.29) is 18.8 Å². The Morgan fingerprint density at radius 2 is 1.75 bits per heavy atom. The van der Waals surface area contributed by atoms with E-state index in [4.69, 9.17) is 4.74 Å². The molecule has 1 aromatic carbocycles. The van der Waals surface area contributed by atoms with Crippen molar-refractivity contribution in [2.45, 2.75) is 25.7 Å². The molecule has 2 radical (unpaired) electrons. The molecule has 1 rings (SSSR count). The molecule has 0 saturated carbocycles. The molecule has 4 nitrogen and oxygen atoms in total. The summed E-state index contributed by atoms with van der Waals surface area (Å²) in [5, 5.41) is 10.1. The van der Waals surface area contributed by atoms with Gasteiger partial charge in [0.1, 0.15) is 5.75 Å². The number of carbonyl (C=O) groups excluding carboxylic acids is 2. The van der Waals surface area contributed by atoms with Gasteiger partial charge in [0.15, 0.2) is 0 Å². The minimum absolute atomic E-state index is 0.0203. The summed E-state index contributed by atoms with van der Waals surface area (Å²) < 4.78 is 5.00. The lowest BCUT2D eigenvalue weighted by molar-refractivity contribution is -0.143. The number of unbranched alkanes of at least 4 members (excludes halogenated alkanes) is 1. The number of rotatable bonds is 6. The Morgan fingerprint density at radius 3 is 2.38 bits per heavy atom. The van der Waals surface area contributed by atoms with Gasteiger partial charge >= 0.3 is 11.9 Å². The molecule has 1 aromatic rings. The number of esters is 1. The number of carbonyl (C=O) groups is 2. The van der Waals surface area contributed by atoms with Crippen molar-refractivity contribution < 1.29 is 19.4 Å². The highest BCUT2D eigenvalue weighted by Crippen LogP contribution is 2.10.